The minimum Gasteiger partial charge on any atom is -0.465 e. The molecular formula is C38H66N6O7. The maximum atomic E-state index is 12.9. The molecule has 290 valence electrons. The van der Waals surface area contributed by atoms with E-state index in [2.05, 4.69) is 32.2 Å². The molecule has 2 heterocycles. The van der Waals surface area contributed by atoms with Gasteiger partial charge in [-0.3, -0.25) is 14.6 Å². The van der Waals surface area contributed by atoms with Crippen molar-refractivity contribution in [2.75, 3.05) is 18.9 Å². The Morgan fingerprint density at radius 2 is 1.39 bits per heavy atom. The molecule has 2 aromatic heterocycles. The third-order valence-electron chi connectivity index (χ3n) is 8.74. The number of amides is 1. The zero-order chi connectivity index (χ0) is 37.6. The van der Waals surface area contributed by atoms with E-state index in [1.165, 1.54) is 77.0 Å². The highest BCUT2D eigenvalue weighted by Crippen LogP contribution is 2.17. The second-order valence-electron chi connectivity index (χ2n) is 15.1. The number of hydrogen-bond acceptors (Lipinski definition) is 10. The van der Waals surface area contributed by atoms with Gasteiger partial charge in [-0.15, -0.1) is 0 Å². The van der Waals surface area contributed by atoms with Crippen LogP contribution < -0.4 is 16.6 Å². The monoisotopic (exact) mass is 718 g/mol. The summed E-state index contributed by atoms with van der Waals surface area (Å²) in [5.74, 6) is -0.957. The number of nitrogens with zero attached hydrogens (tertiary/aromatic N) is 2. The van der Waals surface area contributed by atoms with Crippen LogP contribution in [0.3, 0.4) is 0 Å². The number of hydrogen-bond donors (Lipinski definition) is 4. The summed E-state index contributed by atoms with van der Waals surface area (Å²) in [6.07, 6.45) is 19.1. The van der Waals surface area contributed by atoms with E-state index in [1.54, 1.807) is 34.6 Å². The van der Waals surface area contributed by atoms with Crippen molar-refractivity contribution in [3.63, 3.8) is 0 Å². The Hall–Kier alpha value is -3.64. The first-order valence-electron chi connectivity index (χ1n) is 19.3. The molecule has 0 radical (unpaired) electrons. The van der Waals surface area contributed by atoms with Crippen LogP contribution in [0.1, 0.15) is 157 Å². The molecule has 0 aliphatic rings. The summed E-state index contributed by atoms with van der Waals surface area (Å²) in [4.78, 5) is 64.1. The normalized spacial score (nSPS) is 12.9. The van der Waals surface area contributed by atoms with Crippen molar-refractivity contribution in [3.05, 3.63) is 16.2 Å². The van der Waals surface area contributed by atoms with Gasteiger partial charge in [0.25, 0.3) is 5.56 Å². The summed E-state index contributed by atoms with van der Waals surface area (Å²) < 4.78 is 16.5. The van der Waals surface area contributed by atoms with Crippen molar-refractivity contribution in [1.82, 2.24) is 25.3 Å². The van der Waals surface area contributed by atoms with Crippen LogP contribution in [0.2, 0.25) is 0 Å². The van der Waals surface area contributed by atoms with E-state index in [0.717, 1.165) is 19.3 Å². The number of imidazole rings is 1. The van der Waals surface area contributed by atoms with Crippen LogP contribution in [-0.2, 0) is 30.2 Å². The van der Waals surface area contributed by atoms with Crippen molar-refractivity contribution in [1.29, 1.82) is 0 Å². The van der Waals surface area contributed by atoms with Gasteiger partial charge in [0.1, 0.15) is 17.5 Å². The van der Waals surface area contributed by atoms with Gasteiger partial charge in [0.05, 0.1) is 13.2 Å². The summed E-state index contributed by atoms with van der Waals surface area (Å²) in [5.41, 5.74) is 4.91. The van der Waals surface area contributed by atoms with E-state index in [1.807, 2.05) is 0 Å². The van der Waals surface area contributed by atoms with Gasteiger partial charge >= 0.3 is 18.0 Å². The number of aromatic amines is 2. The molecule has 1 amide bonds. The number of rotatable bonds is 26. The Bertz CT molecular complexity index is 1370. The highest BCUT2D eigenvalue weighted by atomic mass is 16.6. The zero-order valence-corrected chi connectivity index (χ0v) is 32.2. The zero-order valence-electron chi connectivity index (χ0n) is 32.2. The SMILES string of the molecule is CCCCCCCCCCCCCCCCCC(=O)OCC(CCOC(=O)[C@@H](NC(=O)OC(C)(C)C)C(C)C)Cc1nc2nc(N)[nH]c(=O)c2[nH]1. The quantitative estimate of drug-likeness (QED) is 0.0426. The highest BCUT2D eigenvalue weighted by Gasteiger charge is 2.28. The highest BCUT2D eigenvalue weighted by molar-refractivity contribution is 5.81. The number of esters is 2. The number of aromatic nitrogens is 4. The van der Waals surface area contributed by atoms with Crippen molar-refractivity contribution in [3.8, 4) is 0 Å². The number of ether oxygens (including phenoxy) is 3. The number of fused-ring (bicyclic) bond motifs is 1. The predicted octanol–water partition coefficient (Wildman–Crippen LogP) is 7.67. The molecule has 0 saturated heterocycles. The summed E-state index contributed by atoms with van der Waals surface area (Å²) >= 11 is 0. The van der Waals surface area contributed by atoms with Crippen LogP contribution in [0.15, 0.2) is 4.79 Å². The molecule has 2 aromatic rings. The molecule has 1 unspecified atom stereocenters. The van der Waals surface area contributed by atoms with E-state index >= 15 is 0 Å². The molecule has 0 spiro atoms. The topological polar surface area (TPSA) is 191 Å². The number of unbranched alkanes of at least 4 members (excludes halogenated alkanes) is 14. The minimum absolute atomic E-state index is 0.0192. The predicted molar refractivity (Wildman–Crippen MR) is 200 cm³/mol. The van der Waals surface area contributed by atoms with Crippen molar-refractivity contribution in [2.45, 2.75) is 169 Å². The number of H-pyrrole nitrogens is 2. The molecule has 2 atom stereocenters. The van der Waals surface area contributed by atoms with Gasteiger partial charge in [-0.05, 0) is 39.5 Å². The number of alkyl carbamates (subject to hydrolysis) is 1. The van der Waals surface area contributed by atoms with Gasteiger partial charge in [0, 0.05) is 18.8 Å². The fourth-order valence-electron chi connectivity index (χ4n) is 5.86. The summed E-state index contributed by atoms with van der Waals surface area (Å²) in [5, 5.41) is 2.60. The largest absolute Gasteiger partial charge is 0.465 e. The fourth-order valence-corrected chi connectivity index (χ4v) is 5.86. The van der Waals surface area contributed by atoms with Gasteiger partial charge in [0.15, 0.2) is 11.2 Å². The lowest BCUT2D eigenvalue weighted by Gasteiger charge is -2.25. The molecule has 0 saturated carbocycles. The van der Waals surface area contributed by atoms with Crippen LogP contribution in [0.4, 0.5) is 10.7 Å². The summed E-state index contributed by atoms with van der Waals surface area (Å²) in [7, 11) is 0. The first-order valence-corrected chi connectivity index (χ1v) is 19.3. The van der Waals surface area contributed by atoms with Crippen molar-refractivity contribution in [2.24, 2.45) is 11.8 Å². The van der Waals surface area contributed by atoms with Crippen LogP contribution in [-0.4, -0.2) is 62.8 Å². The second-order valence-corrected chi connectivity index (χ2v) is 15.1. The van der Waals surface area contributed by atoms with Crippen LogP contribution in [0.25, 0.3) is 11.2 Å². The Morgan fingerprint density at radius 1 is 0.824 bits per heavy atom. The van der Waals surface area contributed by atoms with Gasteiger partial charge < -0.3 is 30.2 Å². The Balaban J connectivity index is 1.79. The molecular weight excluding hydrogens is 652 g/mol. The van der Waals surface area contributed by atoms with E-state index < -0.39 is 29.3 Å². The lowest BCUT2D eigenvalue weighted by molar-refractivity contribution is -0.149. The molecule has 5 N–H and O–H groups in total. The summed E-state index contributed by atoms with van der Waals surface area (Å²) in [6, 6.07) is -0.898. The van der Waals surface area contributed by atoms with Gasteiger partial charge in [0.2, 0.25) is 5.95 Å². The molecule has 2 rings (SSSR count). The van der Waals surface area contributed by atoms with E-state index in [4.69, 9.17) is 19.9 Å². The number of nitrogens with two attached hydrogens (primary N) is 1. The van der Waals surface area contributed by atoms with Crippen LogP contribution in [0.5, 0.6) is 0 Å². The van der Waals surface area contributed by atoms with Crippen molar-refractivity contribution < 1.29 is 28.6 Å². The molecule has 0 aromatic carbocycles. The maximum absolute atomic E-state index is 12.9. The first-order chi connectivity index (χ1) is 24.3. The van der Waals surface area contributed by atoms with E-state index in [9.17, 15) is 19.2 Å². The summed E-state index contributed by atoms with van der Waals surface area (Å²) in [6.45, 7) is 11.2. The maximum Gasteiger partial charge on any atom is 0.408 e. The van der Waals surface area contributed by atoms with E-state index in [-0.39, 0.29) is 48.1 Å². The average Bonchev–Trinajstić information content (AvgIpc) is 3.45. The van der Waals surface area contributed by atoms with Gasteiger partial charge in [-0.1, -0.05) is 111 Å². The van der Waals surface area contributed by atoms with Crippen LogP contribution >= 0.6 is 0 Å². The first kappa shape index (κ1) is 43.5. The molecule has 13 nitrogen and oxygen atoms in total. The average molecular weight is 719 g/mol. The van der Waals surface area contributed by atoms with Crippen molar-refractivity contribution >= 4 is 35.1 Å². The number of carbonyl (C=O) groups is 3. The third kappa shape index (κ3) is 19.0. The lowest BCUT2D eigenvalue weighted by atomic mass is 10.0. The molecule has 13 heteroatoms. The minimum atomic E-state index is -0.898. The molecule has 51 heavy (non-hydrogen) atoms. The lowest BCUT2D eigenvalue weighted by Crippen LogP contribution is -2.47. The molecule has 0 bridgehead atoms. The molecule has 0 aliphatic heterocycles. The fraction of sp³-hybridized carbons (Fsp3) is 0.789. The van der Waals surface area contributed by atoms with E-state index in [0.29, 0.717) is 25.1 Å². The Morgan fingerprint density at radius 3 is 1.94 bits per heavy atom. The molecule has 0 aliphatic carbocycles. The standard InChI is InChI=1S/C38H66N6O7/c1-7-8-9-10-11-12-13-14-15-16-17-18-19-20-21-22-30(45)50-26-28(25-29-40-32-33(41-29)43-36(39)44-34(32)46)23-24-49-35(47)31(27(2)3)42-37(48)51-38(4,5)6/h27-28,31H,7-26H2,1-6H3,(H,42,48)(H4,39,40,41,43,44,46)/t28?,31-/m0/s1. The smallest absolute Gasteiger partial charge is 0.408 e. The Labute approximate surface area is 304 Å². The van der Waals surface area contributed by atoms with Gasteiger partial charge in [-0.25, -0.2) is 14.6 Å². The second kappa shape index (κ2) is 23.8. The van der Waals surface area contributed by atoms with Gasteiger partial charge in [-0.2, -0.15) is 4.98 Å². The van der Waals surface area contributed by atoms with Crippen LogP contribution in [0, 0.1) is 11.8 Å². The number of carbonyl (C=O) groups excluding carboxylic acids is 3. The number of nitrogens with one attached hydrogen (secondary N) is 3. The third-order valence-corrected chi connectivity index (χ3v) is 8.74. The number of nitrogen functional groups attached to an aromatic ring is 1. The Kier molecular flexibility index (Phi) is 20.3. The molecule has 0 fully saturated rings. The number of anilines is 1.